The highest BCUT2D eigenvalue weighted by Crippen LogP contribution is 2.17. The molecule has 26 heavy (non-hydrogen) atoms. The quantitative estimate of drug-likeness (QED) is 0.809. The van der Waals surface area contributed by atoms with E-state index in [4.69, 9.17) is 0 Å². The molecule has 1 amide bonds. The molecular weight excluding hydrogens is 350 g/mol. The van der Waals surface area contributed by atoms with E-state index >= 15 is 0 Å². The largest absolute Gasteiger partial charge is 0.271 e. The Morgan fingerprint density at radius 3 is 2.42 bits per heavy atom. The van der Waals surface area contributed by atoms with Gasteiger partial charge in [0, 0.05) is 13.5 Å². The summed E-state index contributed by atoms with van der Waals surface area (Å²) in [6, 6.07) is 16.2. The van der Waals surface area contributed by atoms with Gasteiger partial charge in [0.15, 0.2) is 0 Å². The van der Waals surface area contributed by atoms with Crippen LogP contribution in [0, 0.1) is 6.92 Å². The summed E-state index contributed by atoms with van der Waals surface area (Å²) in [4.78, 5) is 12.7. The smallest absolute Gasteiger partial charge is 0.257 e. The molecule has 2 aromatic rings. The number of aryl methyl sites for hydroxylation is 1. The van der Waals surface area contributed by atoms with Crippen molar-refractivity contribution >= 4 is 21.6 Å². The fourth-order valence-corrected chi connectivity index (χ4v) is 3.84. The highest BCUT2D eigenvalue weighted by atomic mass is 32.2. The highest BCUT2D eigenvalue weighted by Gasteiger charge is 2.27. The molecule has 6 nitrogen and oxygen atoms in total. The Hall–Kier alpha value is -2.51. The van der Waals surface area contributed by atoms with E-state index in [9.17, 15) is 13.2 Å². The van der Waals surface area contributed by atoms with Gasteiger partial charge >= 0.3 is 0 Å². The minimum atomic E-state index is -3.71. The minimum Gasteiger partial charge on any atom is -0.271 e. The van der Waals surface area contributed by atoms with Crippen molar-refractivity contribution in [3.05, 3.63) is 65.7 Å². The first-order valence-electron chi connectivity index (χ1n) is 8.34. The lowest BCUT2D eigenvalue weighted by Crippen LogP contribution is -2.38. The second-order valence-corrected chi connectivity index (χ2v) is 8.30. The van der Waals surface area contributed by atoms with Gasteiger partial charge in [0.2, 0.25) is 10.0 Å². The third kappa shape index (κ3) is 3.84. The fourth-order valence-electron chi connectivity index (χ4n) is 2.72. The first-order valence-corrected chi connectivity index (χ1v) is 9.78. The molecule has 3 rings (SSSR count). The second-order valence-electron chi connectivity index (χ2n) is 6.25. The Labute approximate surface area is 153 Å². The van der Waals surface area contributed by atoms with Gasteiger partial charge in [-0.2, -0.15) is 9.41 Å². The summed E-state index contributed by atoms with van der Waals surface area (Å²) in [5, 5.41) is 5.71. The van der Waals surface area contributed by atoms with E-state index in [2.05, 4.69) is 5.10 Å². The maximum absolute atomic E-state index is 12.6. The van der Waals surface area contributed by atoms with Crippen LogP contribution in [0.15, 0.2) is 64.6 Å². The number of amides is 1. The average Bonchev–Trinajstić information content (AvgIpc) is 3.13. The van der Waals surface area contributed by atoms with E-state index in [1.54, 1.807) is 24.3 Å². The van der Waals surface area contributed by atoms with Crippen LogP contribution in [0.5, 0.6) is 0 Å². The van der Waals surface area contributed by atoms with Crippen molar-refractivity contribution in [2.75, 3.05) is 20.1 Å². The van der Waals surface area contributed by atoms with Crippen molar-refractivity contribution in [1.82, 2.24) is 9.31 Å². The van der Waals surface area contributed by atoms with Crippen molar-refractivity contribution in [3.63, 3.8) is 0 Å². The summed E-state index contributed by atoms with van der Waals surface area (Å²) < 4.78 is 26.3. The zero-order valence-electron chi connectivity index (χ0n) is 14.8. The molecule has 136 valence electrons. The standard InChI is InChI=1S/C19H21N3O3S/c1-15-8-10-17(11-9-15)26(24,25)21(2)14-19(23)22-13-12-18(20-22)16-6-4-3-5-7-16/h3-11H,12-14H2,1-2H3. The van der Waals surface area contributed by atoms with E-state index in [0.717, 1.165) is 21.1 Å². The number of hydrazone groups is 1. The Balaban J connectivity index is 1.70. The molecule has 0 bridgehead atoms. The number of carbonyl (C=O) groups excluding carboxylic acids is 1. The maximum Gasteiger partial charge on any atom is 0.257 e. The molecule has 0 N–H and O–H groups in total. The molecule has 7 heteroatoms. The summed E-state index contributed by atoms with van der Waals surface area (Å²) in [5.41, 5.74) is 2.79. The van der Waals surface area contributed by atoms with Crippen molar-refractivity contribution in [1.29, 1.82) is 0 Å². The van der Waals surface area contributed by atoms with E-state index in [1.165, 1.54) is 12.1 Å². The predicted molar refractivity (Wildman–Crippen MR) is 100 cm³/mol. The molecule has 0 aromatic heterocycles. The van der Waals surface area contributed by atoms with E-state index in [0.29, 0.717) is 13.0 Å². The normalized spacial score (nSPS) is 14.6. The molecule has 0 saturated heterocycles. The topological polar surface area (TPSA) is 70.1 Å². The monoisotopic (exact) mass is 371 g/mol. The van der Waals surface area contributed by atoms with Crippen LogP contribution in [-0.2, 0) is 14.8 Å². The van der Waals surface area contributed by atoms with Crippen LogP contribution in [-0.4, -0.2) is 49.5 Å². The van der Waals surface area contributed by atoms with Crippen molar-refractivity contribution in [2.45, 2.75) is 18.2 Å². The molecule has 0 saturated carbocycles. The van der Waals surface area contributed by atoms with Gasteiger partial charge in [-0.25, -0.2) is 13.4 Å². The highest BCUT2D eigenvalue weighted by molar-refractivity contribution is 7.89. The first-order chi connectivity index (χ1) is 12.4. The van der Waals surface area contributed by atoms with Gasteiger partial charge in [-0.3, -0.25) is 4.79 Å². The van der Waals surface area contributed by atoms with Crippen LogP contribution >= 0.6 is 0 Å². The molecule has 1 aliphatic rings. The number of nitrogens with zero attached hydrogens (tertiary/aromatic N) is 3. The van der Waals surface area contributed by atoms with Crippen LogP contribution in [0.3, 0.4) is 0 Å². The summed E-state index contributed by atoms with van der Waals surface area (Å²) in [7, 11) is -2.30. The van der Waals surface area contributed by atoms with Crippen LogP contribution < -0.4 is 0 Å². The summed E-state index contributed by atoms with van der Waals surface area (Å²) >= 11 is 0. The van der Waals surface area contributed by atoms with Crippen molar-refractivity contribution < 1.29 is 13.2 Å². The number of benzene rings is 2. The molecule has 0 aliphatic carbocycles. The van der Waals surface area contributed by atoms with Crippen LogP contribution in [0.1, 0.15) is 17.5 Å². The number of sulfonamides is 1. The van der Waals surface area contributed by atoms with Gasteiger partial charge in [0.25, 0.3) is 5.91 Å². The van der Waals surface area contributed by atoms with Crippen molar-refractivity contribution in [3.8, 4) is 0 Å². The average molecular weight is 371 g/mol. The van der Waals surface area contributed by atoms with Crippen LogP contribution in [0.4, 0.5) is 0 Å². The van der Waals surface area contributed by atoms with Crippen LogP contribution in [0.25, 0.3) is 0 Å². The molecule has 0 radical (unpaired) electrons. The maximum atomic E-state index is 12.6. The Bertz CT molecular complexity index is 922. The first kappa shape index (κ1) is 18.3. The third-order valence-electron chi connectivity index (χ3n) is 4.28. The number of hydrogen-bond acceptors (Lipinski definition) is 4. The Morgan fingerprint density at radius 2 is 1.77 bits per heavy atom. The van der Waals surface area contributed by atoms with Gasteiger partial charge in [-0.1, -0.05) is 48.0 Å². The van der Waals surface area contributed by atoms with E-state index < -0.39 is 10.0 Å². The molecular formula is C19H21N3O3S. The van der Waals surface area contributed by atoms with Crippen molar-refractivity contribution in [2.24, 2.45) is 5.10 Å². The third-order valence-corrected chi connectivity index (χ3v) is 6.10. The number of rotatable bonds is 5. The van der Waals surface area contributed by atoms with E-state index in [-0.39, 0.29) is 17.3 Å². The zero-order chi connectivity index (χ0) is 18.7. The van der Waals surface area contributed by atoms with Gasteiger partial charge in [-0.15, -0.1) is 0 Å². The molecule has 1 heterocycles. The molecule has 1 aliphatic heterocycles. The lowest BCUT2D eigenvalue weighted by molar-refractivity contribution is -0.130. The SMILES string of the molecule is Cc1ccc(S(=O)(=O)N(C)CC(=O)N2CCC(c3ccccc3)=N2)cc1. The molecule has 2 aromatic carbocycles. The lowest BCUT2D eigenvalue weighted by atomic mass is 10.1. The summed E-state index contributed by atoms with van der Waals surface area (Å²) in [6.07, 6.45) is 0.657. The molecule has 0 fully saturated rings. The Morgan fingerprint density at radius 1 is 1.12 bits per heavy atom. The summed E-state index contributed by atoms with van der Waals surface area (Å²) in [5.74, 6) is -0.339. The van der Waals surface area contributed by atoms with Gasteiger partial charge < -0.3 is 0 Å². The van der Waals surface area contributed by atoms with Gasteiger partial charge in [-0.05, 0) is 24.6 Å². The predicted octanol–water partition coefficient (Wildman–Crippen LogP) is 2.25. The van der Waals surface area contributed by atoms with Crippen LogP contribution in [0.2, 0.25) is 0 Å². The number of likely N-dealkylation sites (N-methyl/N-ethyl adjacent to an activating group) is 1. The zero-order valence-corrected chi connectivity index (χ0v) is 15.6. The van der Waals surface area contributed by atoms with Gasteiger partial charge in [0.1, 0.15) is 0 Å². The second kappa shape index (κ2) is 7.39. The molecule has 0 spiro atoms. The van der Waals surface area contributed by atoms with E-state index in [1.807, 2.05) is 37.3 Å². The molecule has 0 atom stereocenters. The molecule has 0 unspecified atom stereocenters. The lowest BCUT2D eigenvalue weighted by Gasteiger charge is -2.19. The fraction of sp³-hybridized carbons (Fsp3) is 0.263. The number of carbonyl (C=O) groups is 1. The van der Waals surface area contributed by atoms with Gasteiger partial charge in [0.05, 0.1) is 23.7 Å². The minimum absolute atomic E-state index is 0.174. The summed E-state index contributed by atoms with van der Waals surface area (Å²) in [6.45, 7) is 2.10. The Kier molecular flexibility index (Phi) is 5.20. The number of hydrogen-bond donors (Lipinski definition) is 0.